The van der Waals surface area contributed by atoms with Crippen molar-refractivity contribution in [2.75, 3.05) is 32.5 Å². The monoisotopic (exact) mass is 333 g/mol. The molecule has 1 aromatic heterocycles. The van der Waals surface area contributed by atoms with Gasteiger partial charge in [-0.25, -0.2) is 9.97 Å². The fraction of sp³-hybridized carbons (Fsp3) is 0.312. The Morgan fingerprint density at radius 3 is 2.78 bits per heavy atom. The summed E-state index contributed by atoms with van der Waals surface area (Å²) < 4.78 is 0. The topological polar surface area (TPSA) is 70.2 Å². The Kier molecular flexibility index (Phi) is 6.31. The summed E-state index contributed by atoms with van der Waals surface area (Å²) >= 11 is 6.09. The van der Waals surface area contributed by atoms with E-state index in [1.165, 1.54) is 0 Å². The zero-order chi connectivity index (χ0) is 16.7. The van der Waals surface area contributed by atoms with Crippen LogP contribution in [0, 0.1) is 0 Å². The molecule has 1 heterocycles. The van der Waals surface area contributed by atoms with Crippen LogP contribution in [0.1, 0.15) is 16.9 Å². The summed E-state index contributed by atoms with van der Waals surface area (Å²) in [5.41, 5.74) is 1.01. The van der Waals surface area contributed by atoms with Crippen molar-refractivity contribution in [3.8, 4) is 0 Å². The van der Waals surface area contributed by atoms with Crippen molar-refractivity contribution in [2.24, 2.45) is 0 Å². The van der Waals surface area contributed by atoms with Crippen LogP contribution in [0.15, 0.2) is 36.5 Å². The molecule has 0 radical (unpaired) electrons. The molecule has 0 spiro atoms. The van der Waals surface area contributed by atoms with Gasteiger partial charge in [-0.3, -0.25) is 4.79 Å². The van der Waals surface area contributed by atoms with Gasteiger partial charge >= 0.3 is 0 Å². The van der Waals surface area contributed by atoms with Crippen LogP contribution in [0.4, 0.5) is 11.6 Å². The van der Waals surface area contributed by atoms with Gasteiger partial charge in [0.25, 0.3) is 5.91 Å². The second-order valence-electron chi connectivity index (χ2n) is 5.28. The van der Waals surface area contributed by atoms with Crippen LogP contribution in [0.25, 0.3) is 0 Å². The summed E-state index contributed by atoms with van der Waals surface area (Å²) in [6.45, 7) is 1.53. The Bertz CT molecular complexity index is 662. The normalized spacial score (nSPS) is 10.6. The lowest BCUT2D eigenvalue weighted by atomic mass is 10.3. The number of amides is 1. The van der Waals surface area contributed by atoms with Crippen molar-refractivity contribution in [1.29, 1.82) is 0 Å². The van der Waals surface area contributed by atoms with E-state index in [2.05, 4.69) is 25.5 Å². The summed E-state index contributed by atoms with van der Waals surface area (Å²) in [4.78, 5) is 22.5. The molecule has 0 saturated heterocycles. The van der Waals surface area contributed by atoms with Gasteiger partial charge in [-0.15, -0.1) is 0 Å². The smallest absolute Gasteiger partial charge is 0.270 e. The number of halogens is 1. The van der Waals surface area contributed by atoms with Crippen molar-refractivity contribution in [3.05, 3.63) is 47.2 Å². The first-order valence-electron chi connectivity index (χ1n) is 7.34. The molecule has 1 aromatic carbocycles. The zero-order valence-corrected chi connectivity index (χ0v) is 14.0. The number of nitrogens with zero attached hydrogens (tertiary/aromatic N) is 3. The molecule has 23 heavy (non-hydrogen) atoms. The zero-order valence-electron chi connectivity index (χ0n) is 13.2. The van der Waals surface area contributed by atoms with E-state index in [0.29, 0.717) is 28.9 Å². The molecule has 122 valence electrons. The molecule has 0 aliphatic rings. The van der Waals surface area contributed by atoms with Crippen LogP contribution < -0.4 is 10.6 Å². The molecule has 0 saturated carbocycles. The van der Waals surface area contributed by atoms with E-state index in [9.17, 15) is 4.79 Å². The molecule has 6 nitrogen and oxygen atoms in total. The minimum Gasteiger partial charge on any atom is -0.351 e. The number of para-hydroxylation sites is 1. The molecule has 0 bridgehead atoms. The maximum atomic E-state index is 12.1. The molecule has 1 amide bonds. The predicted molar refractivity (Wildman–Crippen MR) is 92.3 cm³/mol. The highest BCUT2D eigenvalue weighted by atomic mass is 35.5. The minimum atomic E-state index is -0.214. The number of hydrogen-bond acceptors (Lipinski definition) is 5. The molecule has 2 N–H and O–H groups in total. The predicted octanol–water partition coefficient (Wildman–Crippen LogP) is 2.56. The second kappa shape index (κ2) is 8.45. The maximum absolute atomic E-state index is 12.1. The summed E-state index contributed by atoms with van der Waals surface area (Å²) in [5, 5.41) is 6.42. The van der Waals surface area contributed by atoms with E-state index < -0.39 is 0 Å². The average Bonchev–Trinajstić information content (AvgIpc) is 2.54. The molecule has 0 atom stereocenters. The lowest BCUT2D eigenvalue weighted by molar-refractivity contribution is 0.0947. The van der Waals surface area contributed by atoms with E-state index in [4.69, 9.17) is 11.6 Å². The quantitative estimate of drug-likeness (QED) is 0.762. The summed E-state index contributed by atoms with van der Waals surface area (Å²) in [5.74, 6) is 0.118. The molecule has 2 aromatic rings. The third-order valence-electron chi connectivity index (χ3n) is 3.08. The van der Waals surface area contributed by atoms with Crippen molar-refractivity contribution in [1.82, 2.24) is 20.2 Å². The van der Waals surface area contributed by atoms with Gasteiger partial charge in [-0.1, -0.05) is 23.7 Å². The number of aromatic nitrogens is 2. The van der Waals surface area contributed by atoms with E-state index in [1.54, 1.807) is 18.3 Å². The van der Waals surface area contributed by atoms with Crippen LogP contribution in [0.5, 0.6) is 0 Å². The van der Waals surface area contributed by atoms with E-state index in [0.717, 1.165) is 13.0 Å². The highest BCUT2D eigenvalue weighted by Gasteiger charge is 2.09. The van der Waals surface area contributed by atoms with Crippen molar-refractivity contribution in [3.63, 3.8) is 0 Å². The number of carbonyl (C=O) groups excluding carboxylic acids is 1. The molecular formula is C16H20ClN5O. The molecule has 0 aliphatic heterocycles. The third-order valence-corrected chi connectivity index (χ3v) is 3.41. The van der Waals surface area contributed by atoms with Gasteiger partial charge in [0.15, 0.2) is 0 Å². The summed E-state index contributed by atoms with van der Waals surface area (Å²) in [6.07, 6.45) is 2.43. The number of carbonyl (C=O) groups is 1. The molecule has 7 heteroatoms. The Hall–Kier alpha value is -2.18. The van der Waals surface area contributed by atoms with Crippen LogP contribution >= 0.6 is 11.6 Å². The first-order valence-corrected chi connectivity index (χ1v) is 7.71. The van der Waals surface area contributed by atoms with Crippen LogP contribution in [0.2, 0.25) is 5.02 Å². The van der Waals surface area contributed by atoms with Crippen LogP contribution in [-0.2, 0) is 0 Å². The average molecular weight is 334 g/mol. The molecule has 0 aliphatic carbocycles. The van der Waals surface area contributed by atoms with Gasteiger partial charge < -0.3 is 15.5 Å². The lowest BCUT2D eigenvalue weighted by Gasteiger charge is -2.10. The Labute approximate surface area is 140 Å². The van der Waals surface area contributed by atoms with Crippen molar-refractivity contribution < 1.29 is 4.79 Å². The third kappa shape index (κ3) is 5.50. The Morgan fingerprint density at radius 2 is 2.04 bits per heavy atom. The van der Waals surface area contributed by atoms with Gasteiger partial charge in [0, 0.05) is 12.7 Å². The summed E-state index contributed by atoms with van der Waals surface area (Å²) in [6, 6.07) is 8.87. The lowest BCUT2D eigenvalue weighted by Crippen LogP contribution is -2.28. The van der Waals surface area contributed by atoms with E-state index >= 15 is 0 Å². The first kappa shape index (κ1) is 17.2. The van der Waals surface area contributed by atoms with Gasteiger partial charge in [0.1, 0.15) is 5.69 Å². The van der Waals surface area contributed by atoms with Crippen LogP contribution in [-0.4, -0.2) is 48.0 Å². The summed E-state index contributed by atoms with van der Waals surface area (Å²) in [7, 11) is 4.00. The molecule has 0 fully saturated rings. The minimum absolute atomic E-state index is 0.214. The molecule has 0 unspecified atom stereocenters. The van der Waals surface area contributed by atoms with E-state index in [-0.39, 0.29) is 5.91 Å². The van der Waals surface area contributed by atoms with Crippen molar-refractivity contribution in [2.45, 2.75) is 6.42 Å². The maximum Gasteiger partial charge on any atom is 0.270 e. The first-order chi connectivity index (χ1) is 11.1. The van der Waals surface area contributed by atoms with Gasteiger partial charge in [-0.05, 0) is 45.3 Å². The number of nitrogens with one attached hydrogen (secondary N) is 2. The number of rotatable bonds is 7. The fourth-order valence-electron chi connectivity index (χ4n) is 1.92. The number of anilines is 2. The number of hydrogen-bond donors (Lipinski definition) is 2. The van der Waals surface area contributed by atoms with Crippen molar-refractivity contribution >= 4 is 29.1 Å². The van der Waals surface area contributed by atoms with Gasteiger partial charge in [-0.2, -0.15) is 0 Å². The van der Waals surface area contributed by atoms with E-state index in [1.807, 2.05) is 32.3 Å². The fourth-order valence-corrected chi connectivity index (χ4v) is 2.10. The SMILES string of the molecule is CN(C)CCCNC(=O)c1ccnc(Nc2ccccc2Cl)n1. The standard InChI is InChI=1S/C16H20ClN5O/c1-22(2)11-5-9-18-15(23)14-8-10-19-16(21-14)20-13-7-4-3-6-12(13)17/h3-4,6-8,10H,5,9,11H2,1-2H3,(H,18,23)(H,19,20,21). The Morgan fingerprint density at radius 1 is 1.26 bits per heavy atom. The molecular weight excluding hydrogens is 314 g/mol. The second-order valence-corrected chi connectivity index (χ2v) is 5.69. The number of benzene rings is 1. The van der Waals surface area contributed by atoms with Crippen LogP contribution in [0.3, 0.4) is 0 Å². The Balaban J connectivity index is 1.96. The van der Waals surface area contributed by atoms with Gasteiger partial charge in [0.05, 0.1) is 10.7 Å². The van der Waals surface area contributed by atoms with Gasteiger partial charge in [0.2, 0.25) is 5.95 Å². The highest BCUT2D eigenvalue weighted by molar-refractivity contribution is 6.33. The largest absolute Gasteiger partial charge is 0.351 e. The highest BCUT2D eigenvalue weighted by Crippen LogP contribution is 2.22. The molecule has 2 rings (SSSR count).